The van der Waals surface area contributed by atoms with Crippen LogP contribution in [0.25, 0.3) is 0 Å². The summed E-state index contributed by atoms with van der Waals surface area (Å²) in [5.41, 5.74) is 0.609. The van der Waals surface area contributed by atoms with E-state index in [9.17, 15) is 9.18 Å². The zero-order chi connectivity index (χ0) is 10.7. The molecule has 0 saturated carbocycles. The molecule has 1 aromatic carbocycles. The monoisotopic (exact) mass is 325 g/mol. The zero-order valence-electron chi connectivity index (χ0n) is 7.42. The number of rotatable bonds is 2. The minimum atomic E-state index is -0.379. The van der Waals surface area contributed by atoms with Crippen molar-refractivity contribution < 1.29 is 9.18 Å². The van der Waals surface area contributed by atoms with Crippen LogP contribution < -0.4 is 5.32 Å². The van der Waals surface area contributed by atoms with Crippen molar-refractivity contribution in [3.8, 4) is 0 Å². The van der Waals surface area contributed by atoms with Gasteiger partial charge in [0, 0.05) is 3.57 Å². The Hall–Kier alpha value is -0.300. The van der Waals surface area contributed by atoms with Gasteiger partial charge in [-0.05, 0) is 47.7 Å². The number of anilines is 1. The van der Waals surface area contributed by atoms with Gasteiger partial charge in [0.15, 0.2) is 0 Å². The number of nitrogens with one attached hydrogen (secondary N) is 1. The van der Waals surface area contributed by atoms with Gasteiger partial charge in [-0.3, -0.25) is 4.79 Å². The molecule has 76 valence electrons. The lowest BCUT2D eigenvalue weighted by Gasteiger charge is -2.08. The van der Waals surface area contributed by atoms with Crippen molar-refractivity contribution in [3.63, 3.8) is 0 Å². The van der Waals surface area contributed by atoms with E-state index in [0.717, 1.165) is 0 Å². The van der Waals surface area contributed by atoms with Gasteiger partial charge in [-0.2, -0.15) is 12.6 Å². The largest absolute Gasteiger partial charge is 0.324 e. The molecule has 0 aromatic heterocycles. The van der Waals surface area contributed by atoms with Crippen molar-refractivity contribution in [1.29, 1.82) is 0 Å². The van der Waals surface area contributed by atoms with Crippen LogP contribution in [0.4, 0.5) is 10.1 Å². The van der Waals surface area contributed by atoms with Crippen LogP contribution in [0.15, 0.2) is 18.2 Å². The fourth-order valence-electron chi connectivity index (χ4n) is 0.828. The molecule has 5 heteroatoms. The maximum absolute atomic E-state index is 12.7. The predicted octanol–water partition coefficient (Wildman–Crippen LogP) is 2.69. The van der Waals surface area contributed by atoms with E-state index < -0.39 is 0 Å². The summed E-state index contributed by atoms with van der Waals surface area (Å²) in [5.74, 6) is -0.510. The topological polar surface area (TPSA) is 29.1 Å². The molecule has 0 bridgehead atoms. The van der Waals surface area contributed by atoms with Crippen LogP contribution >= 0.6 is 35.2 Å². The number of hydrogen-bond donors (Lipinski definition) is 2. The molecule has 1 amide bonds. The molecule has 1 rings (SSSR count). The average Bonchev–Trinajstić information content (AvgIpc) is 2.09. The Bertz CT molecular complexity index is 357. The molecule has 1 N–H and O–H groups in total. The lowest BCUT2D eigenvalue weighted by molar-refractivity contribution is -0.115. The number of carbonyl (C=O) groups excluding carboxylic acids is 1. The smallest absolute Gasteiger partial charge is 0.236 e. The predicted molar refractivity (Wildman–Crippen MR) is 66.2 cm³/mol. The summed E-state index contributed by atoms with van der Waals surface area (Å²) in [5, 5.41) is 2.27. The van der Waals surface area contributed by atoms with Crippen molar-refractivity contribution in [2.45, 2.75) is 12.2 Å². The van der Waals surface area contributed by atoms with E-state index >= 15 is 0 Å². The number of benzene rings is 1. The van der Waals surface area contributed by atoms with E-state index in [0.29, 0.717) is 9.26 Å². The Morgan fingerprint density at radius 3 is 2.79 bits per heavy atom. The Morgan fingerprint density at radius 2 is 2.29 bits per heavy atom. The molecule has 0 fully saturated rings. The van der Waals surface area contributed by atoms with Crippen molar-refractivity contribution >= 4 is 46.8 Å². The molecule has 0 saturated heterocycles. The summed E-state index contributed by atoms with van der Waals surface area (Å²) in [7, 11) is 0. The minimum absolute atomic E-state index is 0.196. The second-order valence-electron chi connectivity index (χ2n) is 2.79. The first-order chi connectivity index (χ1) is 6.50. The van der Waals surface area contributed by atoms with Gasteiger partial charge in [-0.25, -0.2) is 4.39 Å². The summed E-state index contributed by atoms with van der Waals surface area (Å²) in [6.07, 6.45) is 0. The molecule has 2 nitrogen and oxygen atoms in total. The molecule has 0 heterocycles. The first-order valence-electron chi connectivity index (χ1n) is 3.94. The van der Waals surface area contributed by atoms with E-state index in [-0.39, 0.29) is 17.0 Å². The van der Waals surface area contributed by atoms with Gasteiger partial charge < -0.3 is 5.32 Å². The molecule has 14 heavy (non-hydrogen) atoms. The van der Waals surface area contributed by atoms with Crippen LogP contribution in [0.1, 0.15) is 6.92 Å². The molecule has 1 aromatic rings. The number of thiol groups is 1. The van der Waals surface area contributed by atoms with Crippen LogP contribution in [0.5, 0.6) is 0 Å². The Morgan fingerprint density at radius 1 is 1.64 bits per heavy atom. The third-order valence-electron chi connectivity index (χ3n) is 1.57. The zero-order valence-corrected chi connectivity index (χ0v) is 10.5. The summed E-state index contributed by atoms with van der Waals surface area (Å²) in [6, 6.07) is 4.20. The van der Waals surface area contributed by atoms with Crippen LogP contribution in [0, 0.1) is 9.39 Å². The molecule has 0 radical (unpaired) electrons. The van der Waals surface area contributed by atoms with Gasteiger partial charge in [0.2, 0.25) is 5.91 Å². The maximum Gasteiger partial charge on any atom is 0.236 e. The highest BCUT2D eigenvalue weighted by Crippen LogP contribution is 2.19. The third kappa shape index (κ3) is 3.13. The number of hydrogen-bond acceptors (Lipinski definition) is 2. The highest BCUT2D eigenvalue weighted by Gasteiger charge is 2.09. The van der Waals surface area contributed by atoms with E-state index in [2.05, 4.69) is 17.9 Å². The summed E-state index contributed by atoms with van der Waals surface area (Å²) in [4.78, 5) is 11.3. The fourth-order valence-corrected chi connectivity index (χ4v) is 1.50. The third-order valence-corrected chi connectivity index (χ3v) is 2.70. The van der Waals surface area contributed by atoms with Gasteiger partial charge in [-0.15, -0.1) is 0 Å². The quantitative estimate of drug-likeness (QED) is 0.635. The highest BCUT2D eigenvalue weighted by atomic mass is 127. The van der Waals surface area contributed by atoms with E-state index in [1.165, 1.54) is 18.2 Å². The Kier molecular flexibility index (Phi) is 4.18. The van der Waals surface area contributed by atoms with Crippen LogP contribution in [0.2, 0.25) is 0 Å². The SMILES string of the molecule is CC(S)C(=O)Nc1ccc(F)cc1I. The lowest BCUT2D eigenvalue weighted by atomic mass is 10.3. The second kappa shape index (κ2) is 4.97. The van der Waals surface area contributed by atoms with Crippen molar-refractivity contribution in [1.82, 2.24) is 0 Å². The molecule has 0 aliphatic heterocycles. The molecule has 0 aliphatic rings. The summed E-state index contributed by atoms with van der Waals surface area (Å²) >= 11 is 5.95. The maximum atomic E-state index is 12.7. The highest BCUT2D eigenvalue weighted by molar-refractivity contribution is 14.1. The van der Waals surface area contributed by atoms with Gasteiger partial charge in [0.05, 0.1) is 10.9 Å². The van der Waals surface area contributed by atoms with E-state index in [4.69, 9.17) is 0 Å². The van der Waals surface area contributed by atoms with Crippen LogP contribution in [0.3, 0.4) is 0 Å². The Balaban J connectivity index is 2.82. The molecular weight excluding hydrogens is 316 g/mol. The summed E-state index contributed by atoms with van der Waals surface area (Å²) < 4.78 is 13.4. The number of amides is 1. The van der Waals surface area contributed by atoms with Crippen LogP contribution in [-0.2, 0) is 4.79 Å². The molecule has 1 atom stereocenters. The summed E-state index contributed by atoms with van der Waals surface area (Å²) in [6.45, 7) is 1.68. The second-order valence-corrected chi connectivity index (χ2v) is 4.73. The van der Waals surface area contributed by atoms with Crippen molar-refractivity contribution in [3.05, 3.63) is 27.6 Å². The van der Waals surface area contributed by atoms with Crippen molar-refractivity contribution in [2.75, 3.05) is 5.32 Å². The molecular formula is C9H9FINOS. The first-order valence-corrected chi connectivity index (χ1v) is 5.54. The minimum Gasteiger partial charge on any atom is -0.324 e. The van der Waals surface area contributed by atoms with E-state index in [1.54, 1.807) is 6.92 Å². The van der Waals surface area contributed by atoms with Crippen molar-refractivity contribution in [2.24, 2.45) is 0 Å². The normalized spacial score (nSPS) is 12.3. The molecule has 0 aliphatic carbocycles. The number of carbonyl (C=O) groups is 1. The average molecular weight is 325 g/mol. The van der Waals surface area contributed by atoms with Gasteiger partial charge >= 0.3 is 0 Å². The van der Waals surface area contributed by atoms with E-state index in [1.807, 2.05) is 22.6 Å². The number of halogens is 2. The molecule has 0 spiro atoms. The molecule has 1 unspecified atom stereocenters. The van der Waals surface area contributed by atoms with Gasteiger partial charge in [-0.1, -0.05) is 0 Å². The van der Waals surface area contributed by atoms with Gasteiger partial charge in [0.25, 0.3) is 0 Å². The standard InChI is InChI=1S/C9H9FINOS/c1-5(14)9(13)12-8-3-2-6(10)4-7(8)11/h2-5,14H,1H3,(H,12,13). The Labute approximate surface area is 101 Å². The fraction of sp³-hybridized carbons (Fsp3) is 0.222. The first kappa shape index (κ1) is 11.8. The lowest BCUT2D eigenvalue weighted by Crippen LogP contribution is -2.20. The van der Waals surface area contributed by atoms with Gasteiger partial charge in [0.1, 0.15) is 5.82 Å². The van der Waals surface area contributed by atoms with Crippen LogP contribution in [-0.4, -0.2) is 11.2 Å².